The quantitative estimate of drug-likeness (QED) is 0.856. The van der Waals surface area contributed by atoms with Gasteiger partial charge in [-0.2, -0.15) is 5.26 Å². The van der Waals surface area contributed by atoms with Crippen LogP contribution in [0.1, 0.15) is 31.0 Å². The molecule has 0 bridgehead atoms. The Bertz CT molecular complexity index is 752. The van der Waals surface area contributed by atoms with Crippen molar-refractivity contribution in [1.29, 1.82) is 5.26 Å². The molecule has 2 rings (SSSR count). The van der Waals surface area contributed by atoms with Crippen molar-refractivity contribution in [2.75, 3.05) is 12.4 Å². The number of carbonyl (C=O) groups is 1. The highest BCUT2D eigenvalue weighted by molar-refractivity contribution is 5.94. The number of para-hydroxylation sites is 1. The molecular formula is C19H21N3O2. The van der Waals surface area contributed by atoms with Crippen molar-refractivity contribution in [3.05, 3.63) is 59.7 Å². The lowest BCUT2D eigenvalue weighted by Gasteiger charge is -2.21. The summed E-state index contributed by atoms with van der Waals surface area (Å²) in [5.74, 6) is 0.624. The van der Waals surface area contributed by atoms with Crippen molar-refractivity contribution in [2.45, 2.75) is 25.9 Å². The zero-order valence-electron chi connectivity index (χ0n) is 14.0. The highest BCUT2D eigenvalue weighted by atomic mass is 16.5. The molecule has 0 radical (unpaired) electrons. The van der Waals surface area contributed by atoms with Gasteiger partial charge in [0.2, 0.25) is 5.91 Å². The van der Waals surface area contributed by atoms with E-state index < -0.39 is 6.04 Å². The fourth-order valence-corrected chi connectivity index (χ4v) is 2.48. The van der Waals surface area contributed by atoms with E-state index in [2.05, 4.69) is 16.7 Å². The number of amides is 1. The number of nitrogens with one attached hydrogen (secondary N) is 2. The van der Waals surface area contributed by atoms with Crippen LogP contribution in [-0.4, -0.2) is 19.1 Å². The highest BCUT2D eigenvalue weighted by Gasteiger charge is 2.18. The summed E-state index contributed by atoms with van der Waals surface area (Å²) in [6, 6.07) is 16.2. The molecule has 2 atom stereocenters. The summed E-state index contributed by atoms with van der Waals surface area (Å²) in [5.41, 5.74) is 2.11. The van der Waals surface area contributed by atoms with Gasteiger partial charge >= 0.3 is 0 Å². The first-order valence-corrected chi connectivity index (χ1v) is 7.75. The number of ether oxygens (including phenoxy) is 1. The van der Waals surface area contributed by atoms with Gasteiger partial charge in [-0.1, -0.05) is 24.3 Å². The predicted octanol–water partition coefficient (Wildman–Crippen LogP) is 3.24. The lowest BCUT2D eigenvalue weighted by molar-refractivity contribution is -0.117. The molecule has 0 fully saturated rings. The molecule has 2 unspecified atom stereocenters. The molecule has 0 saturated heterocycles. The molecule has 2 N–H and O–H groups in total. The number of anilines is 1. The Labute approximate surface area is 142 Å². The Balaban J connectivity index is 2.01. The summed E-state index contributed by atoms with van der Waals surface area (Å²) in [5, 5.41) is 15.0. The van der Waals surface area contributed by atoms with Crippen LogP contribution in [-0.2, 0) is 4.79 Å². The average Bonchev–Trinajstić information content (AvgIpc) is 2.61. The first-order chi connectivity index (χ1) is 11.5. The molecule has 2 aromatic rings. The summed E-state index contributed by atoms with van der Waals surface area (Å²) in [6.07, 6.45) is 0. The van der Waals surface area contributed by atoms with Crippen LogP contribution in [0.3, 0.4) is 0 Å². The molecule has 2 aromatic carbocycles. The van der Waals surface area contributed by atoms with Gasteiger partial charge < -0.3 is 10.1 Å². The standard InChI is InChI=1S/C19H21N3O2/c1-13(17-9-4-5-10-18(17)24-3)21-14(2)19(23)22-16-8-6-7-15(11-16)12-20/h4-11,13-14,21H,1-3H3,(H,22,23). The molecule has 0 saturated carbocycles. The van der Waals surface area contributed by atoms with Gasteiger partial charge in [0.15, 0.2) is 0 Å². The van der Waals surface area contributed by atoms with E-state index in [1.54, 1.807) is 38.3 Å². The summed E-state index contributed by atoms with van der Waals surface area (Å²) in [4.78, 5) is 12.3. The summed E-state index contributed by atoms with van der Waals surface area (Å²) in [6.45, 7) is 3.79. The predicted molar refractivity (Wildman–Crippen MR) is 93.8 cm³/mol. The van der Waals surface area contributed by atoms with Gasteiger partial charge in [0, 0.05) is 17.3 Å². The molecule has 1 amide bonds. The van der Waals surface area contributed by atoms with Gasteiger partial charge in [-0.25, -0.2) is 0 Å². The second-order valence-electron chi connectivity index (χ2n) is 5.53. The maximum Gasteiger partial charge on any atom is 0.241 e. The van der Waals surface area contributed by atoms with Crippen LogP contribution in [0.15, 0.2) is 48.5 Å². The summed E-state index contributed by atoms with van der Waals surface area (Å²) >= 11 is 0. The topological polar surface area (TPSA) is 74.2 Å². The van der Waals surface area contributed by atoms with E-state index in [1.807, 2.05) is 31.2 Å². The van der Waals surface area contributed by atoms with E-state index >= 15 is 0 Å². The fourth-order valence-electron chi connectivity index (χ4n) is 2.48. The molecule has 0 aliphatic rings. The van der Waals surface area contributed by atoms with E-state index in [4.69, 9.17) is 10.00 Å². The molecular weight excluding hydrogens is 302 g/mol. The van der Waals surface area contributed by atoms with Crippen molar-refractivity contribution < 1.29 is 9.53 Å². The van der Waals surface area contributed by atoms with Crippen molar-refractivity contribution in [3.63, 3.8) is 0 Å². The van der Waals surface area contributed by atoms with Gasteiger partial charge in [0.05, 0.1) is 24.8 Å². The van der Waals surface area contributed by atoms with E-state index in [0.717, 1.165) is 11.3 Å². The van der Waals surface area contributed by atoms with Crippen molar-refractivity contribution in [2.24, 2.45) is 0 Å². The Hall–Kier alpha value is -2.84. The van der Waals surface area contributed by atoms with Crippen LogP contribution in [0, 0.1) is 11.3 Å². The first kappa shape index (κ1) is 17.5. The second-order valence-corrected chi connectivity index (χ2v) is 5.53. The highest BCUT2D eigenvalue weighted by Crippen LogP contribution is 2.24. The molecule has 5 heteroatoms. The number of hydrogen-bond donors (Lipinski definition) is 2. The van der Waals surface area contributed by atoms with Crippen LogP contribution < -0.4 is 15.4 Å². The van der Waals surface area contributed by atoms with Crippen LogP contribution in [0.4, 0.5) is 5.69 Å². The number of nitrogens with zero attached hydrogens (tertiary/aromatic N) is 1. The maximum absolute atomic E-state index is 12.3. The van der Waals surface area contributed by atoms with Crippen molar-refractivity contribution in [3.8, 4) is 11.8 Å². The van der Waals surface area contributed by atoms with Crippen molar-refractivity contribution >= 4 is 11.6 Å². The molecule has 0 heterocycles. The van der Waals surface area contributed by atoms with E-state index in [0.29, 0.717) is 11.3 Å². The molecule has 0 aromatic heterocycles. The normalized spacial score (nSPS) is 12.8. The first-order valence-electron chi connectivity index (χ1n) is 7.75. The van der Waals surface area contributed by atoms with E-state index in [-0.39, 0.29) is 11.9 Å². The minimum atomic E-state index is -0.407. The minimum Gasteiger partial charge on any atom is -0.496 e. The third-order valence-corrected chi connectivity index (χ3v) is 3.76. The van der Waals surface area contributed by atoms with Crippen LogP contribution in [0.5, 0.6) is 5.75 Å². The molecule has 124 valence electrons. The zero-order valence-corrected chi connectivity index (χ0v) is 14.0. The van der Waals surface area contributed by atoms with Gasteiger partial charge in [-0.3, -0.25) is 10.1 Å². The smallest absolute Gasteiger partial charge is 0.241 e. The molecule has 0 spiro atoms. The number of hydrogen-bond acceptors (Lipinski definition) is 4. The van der Waals surface area contributed by atoms with E-state index in [9.17, 15) is 4.79 Å². The second kappa shape index (κ2) is 8.14. The molecule has 0 aliphatic heterocycles. The Morgan fingerprint density at radius 2 is 1.92 bits per heavy atom. The number of benzene rings is 2. The number of methoxy groups -OCH3 is 1. The lowest BCUT2D eigenvalue weighted by atomic mass is 10.1. The number of carbonyl (C=O) groups excluding carboxylic acids is 1. The van der Waals surface area contributed by atoms with E-state index in [1.165, 1.54) is 0 Å². The van der Waals surface area contributed by atoms with Crippen LogP contribution in [0.2, 0.25) is 0 Å². The van der Waals surface area contributed by atoms with Gasteiger partial charge in [0.1, 0.15) is 5.75 Å². The number of rotatable bonds is 6. The van der Waals surface area contributed by atoms with Crippen LogP contribution >= 0.6 is 0 Å². The minimum absolute atomic E-state index is 0.0488. The SMILES string of the molecule is COc1ccccc1C(C)NC(C)C(=O)Nc1cccc(C#N)c1. The average molecular weight is 323 g/mol. The third-order valence-electron chi connectivity index (χ3n) is 3.76. The Kier molecular flexibility index (Phi) is 5.94. The summed E-state index contributed by atoms with van der Waals surface area (Å²) in [7, 11) is 1.63. The fraction of sp³-hybridized carbons (Fsp3) is 0.263. The molecule has 0 aliphatic carbocycles. The Morgan fingerprint density at radius 1 is 1.17 bits per heavy atom. The lowest BCUT2D eigenvalue weighted by Crippen LogP contribution is -2.39. The monoisotopic (exact) mass is 323 g/mol. The third kappa shape index (κ3) is 4.34. The maximum atomic E-state index is 12.3. The Morgan fingerprint density at radius 3 is 2.62 bits per heavy atom. The van der Waals surface area contributed by atoms with Gasteiger partial charge in [-0.05, 0) is 38.1 Å². The van der Waals surface area contributed by atoms with Crippen molar-refractivity contribution in [1.82, 2.24) is 5.32 Å². The number of nitriles is 1. The van der Waals surface area contributed by atoms with Gasteiger partial charge in [-0.15, -0.1) is 0 Å². The molecule has 5 nitrogen and oxygen atoms in total. The van der Waals surface area contributed by atoms with Crippen LogP contribution in [0.25, 0.3) is 0 Å². The molecule has 24 heavy (non-hydrogen) atoms. The summed E-state index contributed by atoms with van der Waals surface area (Å²) < 4.78 is 5.36. The largest absolute Gasteiger partial charge is 0.496 e. The van der Waals surface area contributed by atoms with Gasteiger partial charge in [0.25, 0.3) is 0 Å². The zero-order chi connectivity index (χ0) is 17.5.